The van der Waals surface area contributed by atoms with Crippen molar-refractivity contribution in [2.75, 3.05) is 64.2 Å². The zero-order valence-corrected chi connectivity index (χ0v) is 26.2. The van der Waals surface area contributed by atoms with Crippen LogP contribution in [-0.4, -0.2) is 92.1 Å². The van der Waals surface area contributed by atoms with Crippen molar-refractivity contribution in [3.63, 3.8) is 0 Å². The number of anilines is 1. The normalized spacial score (nSPS) is 18.1. The highest BCUT2D eigenvalue weighted by molar-refractivity contribution is 9.09. The number of ether oxygens (including phenoxy) is 3. The maximum Gasteiger partial charge on any atom is 0.415 e. The van der Waals surface area contributed by atoms with Crippen LogP contribution in [0.3, 0.4) is 0 Å². The van der Waals surface area contributed by atoms with Gasteiger partial charge in [0.1, 0.15) is 17.0 Å². The zero-order chi connectivity index (χ0) is 29.3. The highest BCUT2D eigenvalue weighted by atomic mass is 79.9. The van der Waals surface area contributed by atoms with Crippen molar-refractivity contribution in [3.05, 3.63) is 53.0 Å². The molecule has 0 aliphatic carbocycles. The molecule has 224 valence electrons. The fraction of sp³-hybridized carbons (Fsp3) is 0.379. The standard InChI is InChI=1S/C29H32BrN5O6.ClH/c1-17-24(28(37)40-4)26-25-18(14-30)16-35(23(36)8-6-19-5-7-20(39-3)15-31-19)21(25)13-22(27(26)32-17)41-29(38)34-11-9-33(2)10-12-34;/h5-8,13,15,18,32H,9-12,14,16H2,1-4H3;1H/b8-6+;/t18-;/m1./s1. The van der Waals surface area contributed by atoms with Gasteiger partial charge in [-0.1, -0.05) is 15.9 Å². The number of methoxy groups -OCH3 is 2. The van der Waals surface area contributed by atoms with Crippen LogP contribution in [0, 0.1) is 0 Å². The van der Waals surface area contributed by atoms with Gasteiger partial charge in [-0.2, -0.15) is 0 Å². The van der Waals surface area contributed by atoms with Crippen LogP contribution in [0.1, 0.15) is 29.7 Å². The van der Waals surface area contributed by atoms with Crippen LogP contribution >= 0.6 is 15.9 Å². The molecule has 1 aromatic heterocycles. The van der Waals surface area contributed by atoms with Crippen molar-refractivity contribution in [1.29, 1.82) is 0 Å². The number of nitrogens with zero attached hydrogens (tertiary/aromatic N) is 4. The van der Waals surface area contributed by atoms with Crippen LogP contribution < -0.4 is 32.1 Å². The van der Waals surface area contributed by atoms with Gasteiger partial charge in [0.15, 0.2) is 11.4 Å². The Kier molecular flexibility index (Phi) is 9.93. The maximum absolute atomic E-state index is 13.6. The van der Waals surface area contributed by atoms with Crippen molar-refractivity contribution in [2.45, 2.75) is 12.8 Å². The Labute approximate surface area is 259 Å². The van der Waals surface area contributed by atoms with E-state index in [1.807, 2.05) is 19.3 Å². The van der Waals surface area contributed by atoms with Crippen molar-refractivity contribution >= 4 is 56.9 Å². The third kappa shape index (κ3) is 6.03. The van der Waals surface area contributed by atoms with Gasteiger partial charge in [-0.05, 0) is 30.8 Å². The molecule has 42 heavy (non-hydrogen) atoms. The Morgan fingerprint density at radius 3 is 2.52 bits per heavy atom. The molecule has 0 saturated carbocycles. The summed E-state index contributed by atoms with van der Waals surface area (Å²) in [7, 11) is 4.92. The summed E-state index contributed by atoms with van der Waals surface area (Å²) in [4.78, 5) is 49.5. The van der Waals surface area contributed by atoms with Gasteiger partial charge >= 0.3 is 12.1 Å². The molecule has 3 aliphatic heterocycles. The van der Waals surface area contributed by atoms with E-state index in [1.165, 1.54) is 13.2 Å². The quantitative estimate of drug-likeness (QED) is 0.190. The lowest BCUT2D eigenvalue weighted by molar-refractivity contribution is -0.512. The Bertz CT molecular complexity index is 1440. The second-order valence-corrected chi connectivity index (χ2v) is 10.9. The monoisotopic (exact) mass is 661 g/mol. The number of aromatic nitrogens is 1. The molecular weight excluding hydrogens is 630 g/mol. The summed E-state index contributed by atoms with van der Waals surface area (Å²) in [5.74, 6) is 0.0826. The first-order valence-corrected chi connectivity index (χ1v) is 14.4. The summed E-state index contributed by atoms with van der Waals surface area (Å²) in [5.41, 5.74) is 4.45. The van der Waals surface area contributed by atoms with E-state index in [9.17, 15) is 14.4 Å². The topological polar surface area (TPSA) is 118 Å². The number of benzene rings is 1. The number of hydrogen-bond donors (Lipinski definition) is 1. The molecule has 0 bridgehead atoms. The van der Waals surface area contributed by atoms with Crippen molar-refractivity contribution in [1.82, 2.24) is 14.8 Å². The number of piperazine rings is 1. The minimum atomic E-state index is -0.481. The predicted molar refractivity (Wildman–Crippen MR) is 156 cm³/mol. The number of carbonyl (C=O) groups excluding carboxylic acids is 3. The largest absolute Gasteiger partial charge is 1.00 e. The Morgan fingerprint density at radius 1 is 1.17 bits per heavy atom. The van der Waals surface area contributed by atoms with Gasteiger partial charge in [-0.15, -0.1) is 0 Å². The molecule has 1 fully saturated rings. The van der Waals surface area contributed by atoms with Gasteiger partial charge in [-0.25, -0.2) is 9.59 Å². The SMILES string of the molecule is COC(=O)C1=C(C)[NH2+]c2c(OC(=O)N3CCN(C)CC3)cc3c(c21)[C@H](CBr)CN3C(=O)/C=C/c1ccc(OC)cn1.[Cl-]. The van der Waals surface area contributed by atoms with Gasteiger partial charge in [0.2, 0.25) is 0 Å². The highest BCUT2D eigenvalue weighted by Crippen LogP contribution is 2.50. The van der Waals surface area contributed by atoms with E-state index in [4.69, 9.17) is 14.2 Å². The number of amides is 2. The first kappa shape index (κ1) is 31.5. The number of halogens is 2. The molecule has 0 radical (unpaired) electrons. The second kappa shape index (κ2) is 13.2. The molecule has 3 aliphatic rings. The fourth-order valence-corrected chi connectivity index (χ4v) is 5.94. The lowest BCUT2D eigenvalue weighted by atomic mass is 9.91. The molecule has 11 nitrogen and oxygen atoms in total. The zero-order valence-electron chi connectivity index (χ0n) is 23.9. The van der Waals surface area contributed by atoms with Gasteiger partial charge in [0, 0.05) is 63.0 Å². The molecule has 4 heterocycles. The fourth-order valence-electron chi connectivity index (χ4n) is 5.41. The summed E-state index contributed by atoms with van der Waals surface area (Å²) < 4.78 is 16.3. The number of likely N-dealkylation sites (N-methyl/N-ethyl adjacent to an activating group) is 1. The van der Waals surface area contributed by atoms with Gasteiger partial charge < -0.3 is 41.3 Å². The average molecular weight is 663 g/mol. The lowest BCUT2D eigenvalue weighted by Gasteiger charge is -2.31. The smallest absolute Gasteiger partial charge is 0.415 e. The van der Waals surface area contributed by atoms with E-state index in [0.29, 0.717) is 70.4 Å². The van der Waals surface area contributed by atoms with Crippen molar-refractivity contribution in [2.24, 2.45) is 0 Å². The number of rotatable bonds is 6. The molecular formula is C29H33BrClN5O6. The van der Waals surface area contributed by atoms with Gasteiger partial charge in [0.25, 0.3) is 5.91 Å². The lowest BCUT2D eigenvalue weighted by Crippen LogP contribution is -3.00. The number of fused-ring (bicyclic) bond motifs is 3. The van der Waals surface area contributed by atoms with Crippen LogP contribution in [0.25, 0.3) is 11.6 Å². The van der Waals surface area contributed by atoms with Gasteiger partial charge in [-0.3, -0.25) is 15.1 Å². The molecule has 2 aromatic rings. The van der Waals surface area contributed by atoms with Gasteiger partial charge in [0.05, 0.1) is 37.4 Å². The first-order chi connectivity index (χ1) is 19.7. The Balaban J connectivity index is 0.00000405. The number of esters is 1. The van der Waals surface area contributed by atoms with E-state index >= 15 is 0 Å². The number of pyridine rings is 1. The van der Waals surface area contributed by atoms with E-state index in [0.717, 1.165) is 18.7 Å². The molecule has 0 spiro atoms. The highest BCUT2D eigenvalue weighted by Gasteiger charge is 2.44. The van der Waals surface area contributed by atoms with Crippen molar-refractivity contribution in [3.8, 4) is 11.5 Å². The van der Waals surface area contributed by atoms with E-state index in [-0.39, 0.29) is 24.2 Å². The number of carbonyl (C=O) groups is 3. The molecule has 13 heteroatoms. The Morgan fingerprint density at radius 2 is 1.90 bits per heavy atom. The molecule has 5 rings (SSSR count). The minimum absolute atomic E-state index is 0. The molecule has 1 aromatic carbocycles. The van der Waals surface area contributed by atoms with Crippen LogP contribution in [0.4, 0.5) is 16.2 Å². The number of alkyl halides is 1. The van der Waals surface area contributed by atoms with Crippen LogP contribution in [0.2, 0.25) is 0 Å². The molecule has 2 amide bonds. The Hall–Kier alpha value is -3.45. The predicted octanol–water partition coefficient (Wildman–Crippen LogP) is -0.509. The number of quaternary nitrogens is 1. The third-order valence-electron chi connectivity index (χ3n) is 7.65. The van der Waals surface area contributed by atoms with E-state index in [1.54, 1.807) is 47.4 Å². The average Bonchev–Trinajstić information content (AvgIpc) is 3.53. The number of hydrogen-bond acceptors (Lipinski definition) is 8. The maximum atomic E-state index is 13.6. The summed E-state index contributed by atoms with van der Waals surface area (Å²) in [6.45, 7) is 4.82. The number of allylic oxidation sites excluding steroid dienone is 1. The van der Waals surface area contributed by atoms with E-state index in [2.05, 4.69) is 25.8 Å². The summed E-state index contributed by atoms with van der Waals surface area (Å²) in [6.07, 6.45) is 4.23. The minimum Gasteiger partial charge on any atom is -1.00 e. The van der Waals surface area contributed by atoms with Crippen LogP contribution in [-0.2, 0) is 14.3 Å². The van der Waals surface area contributed by atoms with Crippen LogP contribution in [0.15, 0.2) is 36.2 Å². The summed E-state index contributed by atoms with van der Waals surface area (Å²) in [5, 5.41) is 2.41. The number of nitrogens with two attached hydrogens (primary N) is 1. The van der Waals surface area contributed by atoms with Crippen molar-refractivity contribution < 1.29 is 46.3 Å². The molecule has 2 N–H and O–H groups in total. The second-order valence-electron chi connectivity index (χ2n) is 10.2. The summed E-state index contributed by atoms with van der Waals surface area (Å²) >= 11 is 3.61. The third-order valence-corrected chi connectivity index (χ3v) is 8.43. The van der Waals surface area contributed by atoms with E-state index < -0.39 is 12.1 Å². The molecule has 1 atom stereocenters. The molecule has 1 saturated heterocycles. The van der Waals surface area contributed by atoms with Crippen LogP contribution in [0.5, 0.6) is 11.5 Å². The molecule has 0 unspecified atom stereocenters. The summed E-state index contributed by atoms with van der Waals surface area (Å²) in [6, 6.07) is 5.27. The first-order valence-electron chi connectivity index (χ1n) is 13.3.